The fraction of sp³-hybridized carbons (Fsp3) is 0.417. The van der Waals surface area contributed by atoms with Gasteiger partial charge in [0.15, 0.2) is 5.75 Å². The van der Waals surface area contributed by atoms with Crippen LogP contribution < -0.4 is 9.47 Å². The number of hydrogen-bond acceptors (Lipinski definition) is 6. The van der Waals surface area contributed by atoms with Gasteiger partial charge in [0, 0.05) is 6.07 Å². The Hall–Kier alpha value is -3.22. The molecular formula is C24H27NO6. The van der Waals surface area contributed by atoms with Crippen LogP contribution in [0.1, 0.15) is 50.7 Å². The minimum absolute atomic E-state index is 0.0666. The van der Waals surface area contributed by atoms with Crippen LogP contribution in [0.5, 0.6) is 11.5 Å². The van der Waals surface area contributed by atoms with Gasteiger partial charge in [-0.15, -0.1) is 0 Å². The summed E-state index contributed by atoms with van der Waals surface area (Å²) in [5.41, 5.74) is 1.12. The number of nitrogens with zero attached hydrogens (tertiary/aromatic N) is 1. The summed E-state index contributed by atoms with van der Waals surface area (Å²) in [6.45, 7) is 3.21. The van der Waals surface area contributed by atoms with Gasteiger partial charge in [0.1, 0.15) is 17.3 Å². The number of benzene rings is 2. The highest BCUT2D eigenvalue weighted by atomic mass is 16.6. The minimum Gasteiger partial charge on any atom is -0.497 e. The number of nitro groups is 1. The summed E-state index contributed by atoms with van der Waals surface area (Å²) >= 11 is 0. The van der Waals surface area contributed by atoms with Crippen molar-refractivity contribution in [1.29, 1.82) is 0 Å². The molecule has 164 valence electrons. The maximum absolute atomic E-state index is 11.6. The molecule has 0 amide bonds. The van der Waals surface area contributed by atoms with E-state index in [-0.39, 0.29) is 28.4 Å². The first-order valence-electron chi connectivity index (χ1n) is 10.2. The van der Waals surface area contributed by atoms with Crippen molar-refractivity contribution in [2.24, 2.45) is 0 Å². The van der Waals surface area contributed by atoms with E-state index in [2.05, 4.69) is 0 Å². The van der Waals surface area contributed by atoms with E-state index < -0.39 is 10.3 Å². The van der Waals surface area contributed by atoms with Crippen molar-refractivity contribution < 1.29 is 24.0 Å². The molecule has 2 aromatic carbocycles. The number of Topliss-reactive ketones (excluding diaryl/α,β-unsaturated/α-hetero) is 2. The molecule has 7 heteroatoms. The van der Waals surface area contributed by atoms with Gasteiger partial charge in [0.25, 0.3) is 0 Å². The molecule has 0 N–H and O–H groups in total. The number of rotatable bonds is 7. The summed E-state index contributed by atoms with van der Waals surface area (Å²) in [5.74, 6) is 1.41. The van der Waals surface area contributed by atoms with E-state index >= 15 is 0 Å². The van der Waals surface area contributed by atoms with Gasteiger partial charge in [-0.25, -0.2) is 0 Å². The molecule has 0 saturated heterocycles. The summed E-state index contributed by atoms with van der Waals surface area (Å²) in [5, 5.41) is 10.9. The maximum atomic E-state index is 11.6. The molecule has 0 bridgehead atoms. The molecule has 2 fully saturated rings. The Bertz CT molecular complexity index is 1000. The zero-order valence-electron chi connectivity index (χ0n) is 18.3. The Morgan fingerprint density at radius 3 is 1.71 bits per heavy atom. The van der Waals surface area contributed by atoms with Crippen molar-refractivity contribution in [3.63, 3.8) is 0 Å². The van der Waals surface area contributed by atoms with Crippen LogP contribution in [0.4, 0.5) is 5.69 Å². The lowest BCUT2D eigenvalue weighted by atomic mass is 9.91. The average Bonchev–Trinajstić information content (AvgIpc) is 3.67. The van der Waals surface area contributed by atoms with Gasteiger partial charge in [-0.1, -0.05) is 18.2 Å². The molecule has 0 spiro atoms. The first kappa shape index (κ1) is 22.5. The quantitative estimate of drug-likeness (QED) is 0.477. The van der Waals surface area contributed by atoms with E-state index in [0.29, 0.717) is 0 Å². The summed E-state index contributed by atoms with van der Waals surface area (Å²) in [6.07, 6.45) is 3.53. The summed E-state index contributed by atoms with van der Waals surface area (Å²) < 4.78 is 10.0. The highest BCUT2D eigenvalue weighted by Gasteiger charge is 2.49. The predicted octanol–water partition coefficient (Wildman–Crippen LogP) is 4.54. The van der Waals surface area contributed by atoms with Crippen molar-refractivity contribution in [2.75, 3.05) is 14.2 Å². The number of nitro benzene ring substituents is 1. The van der Waals surface area contributed by atoms with Gasteiger partial charge >= 0.3 is 5.69 Å². The molecule has 4 rings (SSSR count). The van der Waals surface area contributed by atoms with Crippen molar-refractivity contribution in [3.8, 4) is 11.5 Å². The Labute approximate surface area is 181 Å². The molecule has 31 heavy (non-hydrogen) atoms. The highest BCUT2D eigenvalue weighted by Crippen LogP contribution is 2.50. The molecule has 2 aromatic rings. The topological polar surface area (TPSA) is 95.7 Å². The van der Waals surface area contributed by atoms with Crippen LogP contribution in [0.25, 0.3) is 0 Å². The molecule has 2 aliphatic carbocycles. The molecule has 0 aromatic heterocycles. The third-order valence-electron chi connectivity index (χ3n) is 6.42. The lowest BCUT2D eigenvalue weighted by Crippen LogP contribution is -2.17. The van der Waals surface area contributed by atoms with E-state index in [4.69, 9.17) is 9.47 Å². The normalized spacial score (nSPS) is 16.9. The molecule has 0 heterocycles. The van der Waals surface area contributed by atoms with Gasteiger partial charge in [-0.2, -0.15) is 0 Å². The molecule has 0 aliphatic heterocycles. The third-order valence-corrected chi connectivity index (χ3v) is 6.42. The minimum atomic E-state index is -0.489. The van der Waals surface area contributed by atoms with E-state index in [1.54, 1.807) is 26.2 Å². The van der Waals surface area contributed by atoms with E-state index in [1.807, 2.05) is 24.3 Å². The van der Waals surface area contributed by atoms with Gasteiger partial charge < -0.3 is 9.47 Å². The van der Waals surface area contributed by atoms with Gasteiger partial charge in [0.2, 0.25) is 0 Å². The van der Waals surface area contributed by atoms with Crippen molar-refractivity contribution in [2.45, 2.75) is 50.4 Å². The van der Waals surface area contributed by atoms with Gasteiger partial charge in [-0.05, 0) is 68.9 Å². The Kier molecular flexibility index (Phi) is 6.15. The number of ether oxygens (including phenoxy) is 2. The van der Waals surface area contributed by atoms with Crippen LogP contribution in [-0.2, 0) is 20.4 Å². The first-order chi connectivity index (χ1) is 14.7. The van der Waals surface area contributed by atoms with Crippen LogP contribution in [-0.4, -0.2) is 30.7 Å². The second-order valence-electron chi connectivity index (χ2n) is 8.15. The summed E-state index contributed by atoms with van der Waals surface area (Å²) in [6, 6.07) is 12.6. The van der Waals surface area contributed by atoms with Gasteiger partial charge in [-0.3, -0.25) is 19.7 Å². The zero-order chi connectivity index (χ0) is 22.8. The SMILES string of the molecule is COc1ccc(C2(C(C)=O)CC2)cc1.COc1ccc(C2(C(C)=O)CC2)cc1[N+](=O)[O-]. The molecule has 0 radical (unpaired) electrons. The van der Waals surface area contributed by atoms with E-state index in [9.17, 15) is 19.7 Å². The van der Waals surface area contributed by atoms with Crippen LogP contribution in [0.15, 0.2) is 42.5 Å². The lowest BCUT2D eigenvalue weighted by molar-refractivity contribution is -0.385. The van der Waals surface area contributed by atoms with Crippen molar-refractivity contribution in [3.05, 3.63) is 63.7 Å². The second kappa shape index (κ2) is 8.49. The molecule has 0 atom stereocenters. The fourth-order valence-corrected chi connectivity index (χ4v) is 3.98. The molecular weight excluding hydrogens is 398 g/mol. The van der Waals surface area contributed by atoms with Crippen molar-refractivity contribution >= 4 is 17.3 Å². The zero-order valence-corrected chi connectivity index (χ0v) is 18.3. The predicted molar refractivity (Wildman–Crippen MR) is 116 cm³/mol. The summed E-state index contributed by atoms with van der Waals surface area (Å²) in [4.78, 5) is 33.4. The maximum Gasteiger partial charge on any atom is 0.311 e. The fourth-order valence-electron chi connectivity index (χ4n) is 3.98. The Morgan fingerprint density at radius 2 is 1.32 bits per heavy atom. The molecule has 7 nitrogen and oxygen atoms in total. The number of carbonyl (C=O) groups is 2. The Morgan fingerprint density at radius 1 is 0.839 bits per heavy atom. The van der Waals surface area contributed by atoms with Gasteiger partial charge in [0.05, 0.1) is 30.0 Å². The smallest absolute Gasteiger partial charge is 0.311 e. The Balaban J connectivity index is 0.000000179. The van der Waals surface area contributed by atoms with E-state index in [1.165, 1.54) is 20.1 Å². The molecule has 2 saturated carbocycles. The van der Waals surface area contributed by atoms with E-state index in [0.717, 1.165) is 42.6 Å². The van der Waals surface area contributed by atoms with Crippen LogP contribution in [0.3, 0.4) is 0 Å². The standard InChI is InChI=1S/C12H13NO4.C12H14O2/c1-8(14)12(5-6-12)9-3-4-11(17-2)10(7-9)13(15)16;1-9(13)12(7-8-12)10-3-5-11(14-2)6-4-10/h3-4,7H,5-6H2,1-2H3;3-6H,7-8H2,1-2H3. The molecule has 0 unspecified atom stereocenters. The largest absolute Gasteiger partial charge is 0.497 e. The number of ketones is 2. The van der Waals surface area contributed by atoms with Crippen molar-refractivity contribution in [1.82, 2.24) is 0 Å². The molecule has 2 aliphatic rings. The first-order valence-corrected chi connectivity index (χ1v) is 10.2. The van der Waals surface area contributed by atoms with Crippen LogP contribution >= 0.6 is 0 Å². The number of carbonyl (C=O) groups excluding carboxylic acids is 2. The number of hydrogen-bond donors (Lipinski definition) is 0. The van der Waals surface area contributed by atoms with Crippen LogP contribution in [0, 0.1) is 10.1 Å². The third kappa shape index (κ3) is 4.31. The average molecular weight is 425 g/mol. The monoisotopic (exact) mass is 425 g/mol. The highest BCUT2D eigenvalue weighted by molar-refractivity contribution is 5.91. The van der Waals surface area contributed by atoms with Crippen LogP contribution in [0.2, 0.25) is 0 Å². The number of methoxy groups -OCH3 is 2. The summed E-state index contributed by atoms with van der Waals surface area (Å²) in [7, 11) is 3.03. The second-order valence-corrected chi connectivity index (χ2v) is 8.15. The lowest BCUT2D eigenvalue weighted by Gasteiger charge is -2.12.